The van der Waals surface area contributed by atoms with Crippen molar-refractivity contribution in [2.24, 2.45) is 0 Å². The maximum Gasteiger partial charge on any atom is 0.274 e. The number of hydrogen-bond donors (Lipinski definition) is 0. The van der Waals surface area contributed by atoms with Gasteiger partial charge < -0.3 is 14.4 Å². The SMILES string of the molecule is COc1ccc2sc(OC3CCN(C(=O)/C=C/c4ccccc4)CC3)nc2c1. The lowest BCUT2D eigenvalue weighted by atomic mass is 10.1. The Balaban J connectivity index is 1.31. The van der Waals surface area contributed by atoms with Gasteiger partial charge in [-0.2, -0.15) is 0 Å². The standard InChI is InChI=1S/C22H22N2O3S/c1-26-18-8-9-20-19(15-18)23-22(28-20)27-17-11-13-24(14-12-17)21(25)10-7-16-5-3-2-4-6-16/h2-10,15,17H,11-14H2,1H3/b10-7+. The molecule has 6 heteroatoms. The van der Waals surface area contributed by atoms with Gasteiger partial charge in [-0.15, -0.1) is 0 Å². The normalized spacial score (nSPS) is 15.2. The number of piperidine rings is 1. The first kappa shape index (κ1) is 18.5. The van der Waals surface area contributed by atoms with Crippen LogP contribution in [0.2, 0.25) is 0 Å². The minimum absolute atomic E-state index is 0.0504. The zero-order chi connectivity index (χ0) is 19.3. The lowest BCUT2D eigenvalue weighted by Crippen LogP contribution is -2.41. The molecule has 0 unspecified atom stereocenters. The van der Waals surface area contributed by atoms with E-state index in [1.165, 1.54) is 0 Å². The molecule has 0 atom stereocenters. The van der Waals surface area contributed by atoms with Gasteiger partial charge >= 0.3 is 0 Å². The van der Waals surface area contributed by atoms with E-state index in [-0.39, 0.29) is 12.0 Å². The number of benzene rings is 2. The van der Waals surface area contributed by atoms with Crippen LogP contribution in [-0.2, 0) is 4.79 Å². The largest absolute Gasteiger partial charge is 0.497 e. The second-order valence-electron chi connectivity index (χ2n) is 6.70. The molecular formula is C22H22N2O3S. The Morgan fingerprint density at radius 2 is 1.96 bits per heavy atom. The van der Waals surface area contributed by atoms with Gasteiger partial charge in [0.15, 0.2) is 0 Å². The molecule has 0 spiro atoms. The maximum atomic E-state index is 12.4. The summed E-state index contributed by atoms with van der Waals surface area (Å²) < 4.78 is 12.4. The lowest BCUT2D eigenvalue weighted by Gasteiger charge is -2.30. The first-order valence-electron chi connectivity index (χ1n) is 9.34. The van der Waals surface area contributed by atoms with Gasteiger partial charge in [-0.1, -0.05) is 41.7 Å². The van der Waals surface area contributed by atoms with Crippen molar-refractivity contribution in [2.45, 2.75) is 18.9 Å². The van der Waals surface area contributed by atoms with E-state index in [0.29, 0.717) is 18.3 Å². The number of carbonyl (C=O) groups is 1. The quantitative estimate of drug-likeness (QED) is 0.603. The molecule has 0 N–H and O–H groups in total. The average Bonchev–Trinajstić information content (AvgIpc) is 3.14. The Labute approximate surface area is 168 Å². The van der Waals surface area contributed by atoms with E-state index < -0.39 is 0 Å². The minimum Gasteiger partial charge on any atom is -0.497 e. The number of fused-ring (bicyclic) bond motifs is 1. The summed E-state index contributed by atoms with van der Waals surface area (Å²) in [5.74, 6) is 0.842. The van der Waals surface area contributed by atoms with Gasteiger partial charge in [-0.3, -0.25) is 4.79 Å². The van der Waals surface area contributed by atoms with E-state index >= 15 is 0 Å². The molecule has 28 heavy (non-hydrogen) atoms. The van der Waals surface area contributed by atoms with Crippen LogP contribution in [0.15, 0.2) is 54.6 Å². The molecule has 0 bridgehead atoms. The second-order valence-corrected chi connectivity index (χ2v) is 7.69. The zero-order valence-corrected chi connectivity index (χ0v) is 16.5. The summed E-state index contributed by atoms with van der Waals surface area (Å²) in [6.07, 6.45) is 5.22. The fourth-order valence-electron chi connectivity index (χ4n) is 3.24. The molecule has 0 saturated carbocycles. The Hall–Kier alpha value is -2.86. The summed E-state index contributed by atoms with van der Waals surface area (Å²) in [4.78, 5) is 18.8. The van der Waals surface area contributed by atoms with Crippen molar-refractivity contribution < 1.29 is 14.3 Å². The third kappa shape index (κ3) is 4.34. The summed E-state index contributed by atoms with van der Waals surface area (Å²) in [5, 5.41) is 0.678. The fourth-order valence-corrected chi connectivity index (χ4v) is 4.10. The van der Waals surface area contributed by atoms with Gasteiger partial charge in [-0.25, -0.2) is 4.98 Å². The number of amides is 1. The van der Waals surface area contributed by atoms with Crippen molar-refractivity contribution in [1.82, 2.24) is 9.88 Å². The van der Waals surface area contributed by atoms with Gasteiger partial charge in [0, 0.05) is 38.1 Å². The summed E-state index contributed by atoms with van der Waals surface area (Å²) in [5.41, 5.74) is 1.92. The van der Waals surface area contributed by atoms with Crippen molar-refractivity contribution >= 4 is 33.5 Å². The van der Waals surface area contributed by atoms with Crippen molar-refractivity contribution in [3.05, 3.63) is 60.2 Å². The lowest BCUT2D eigenvalue weighted by molar-refractivity contribution is -0.127. The Kier molecular flexibility index (Phi) is 5.58. The van der Waals surface area contributed by atoms with Crippen LogP contribution in [0.4, 0.5) is 0 Å². The van der Waals surface area contributed by atoms with Crippen molar-refractivity contribution in [3.63, 3.8) is 0 Å². The third-order valence-electron chi connectivity index (χ3n) is 4.81. The maximum absolute atomic E-state index is 12.4. The summed E-state index contributed by atoms with van der Waals surface area (Å²) in [6.45, 7) is 1.39. The second kappa shape index (κ2) is 8.44. The van der Waals surface area contributed by atoms with E-state index in [4.69, 9.17) is 9.47 Å². The molecule has 1 fully saturated rings. The number of aromatic nitrogens is 1. The van der Waals surface area contributed by atoms with Gasteiger partial charge in [0.1, 0.15) is 11.9 Å². The molecule has 2 heterocycles. The highest BCUT2D eigenvalue weighted by molar-refractivity contribution is 7.20. The number of thiazole rings is 1. The predicted molar refractivity (Wildman–Crippen MR) is 112 cm³/mol. The highest BCUT2D eigenvalue weighted by atomic mass is 32.1. The molecule has 5 nitrogen and oxygen atoms in total. The van der Waals surface area contributed by atoms with Crippen molar-refractivity contribution in [2.75, 3.05) is 20.2 Å². The highest BCUT2D eigenvalue weighted by Crippen LogP contribution is 2.31. The van der Waals surface area contributed by atoms with Crippen LogP contribution in [0.5, 0.6) is 10.9 Å². The molecule has 1 amide bonds. The molecule has 0 aliphatic carbocycles. The Morgan fingerprint density at radius 1 is 1.18 bits per heavy atom. The Morgan fingerprint density at radius 3 is 2.71 bits per heavy atom. The van der Waals surface area contributed by atoms with Crippen molar-refractivity contribution in [1.29, 1.82) is 0 Å². The van der Waals surface area contributed by atoms with Crippen LogP contribution in [0.25, 0.3) is 16.3 Å². The molecule has 1 aliphatic rings. The van der Waals surface area contributed by atoms with Crippen LogP contribution < -0.4 is 9.47 Å². The number of likely N-dealkylation sites (tertiary alicyclic amines) is 1. The fraction of sp³-hybridized carbons (Fsp3) is 0.273. The van der Waals surface area contributed by atoms with Gasteiger partial charge in [0.2, 0.25) is 5.91 Å². The number of nitrogens with zero attached hydrogens (tertiary/aromatic N) is 2. The van der Waals surface area contributed by atoms with E-state index in [1.54, 1.807) is 24.5 Å². The van der Waals surface area contributed by atoms with E-state index in [1.807, 2.05) is 59.5 Å². The van der Waals surface area contributed by atoms with Gasteiger partial charge in [0.25, 0.3) is 5.19 Å². The van der Waals surface area contributed by atoms with E-state index in [0.717, 1.165) is 34.4 Å². The average molecular weight is 394 g/mol. The molecular weight excluding hydrogens is 372 g/mol. The van der Waals surface area contributed by atoms with Crippen LogP contribution in [0.1, 0.15) is 18.4 Å². The number of rotatable bonds is 5. The number of ether oxygens (including phenoxy) is 2. The highest BCUT2D eigenvalue weighted by Gasteiger charge is 2.23. The first-order chi connectivity index (χ1) is 13.7. The van der Waals surface area contributed by atoms with Crippen LogP contribution in [-0.4, -0.2) is 42.1 Å². The van der Waals surface area contributed by atoms with Crippen molar-refractivity contribution in [3.8, 4) is 10.9 Å². The molecule has 1 aromatic heterocycles. The van der Waals surface area contributed by atoms with Gasteiger partial charge in [0.05, 0.1) is 17.3 Å². The van der Waals surface area contributed by atoms with Crippen LogP contribution in [0, 0.1) is 0 Å². The first-order valence-corrected chi connectivity index (χ1v) is 10.2. The molecule has 3 aromatic rings. The number of carbonyl (C=O) groups excluding carboxylic acids is 1. The summed E-state index contributed by atoms with van der Waals surface area (Å²) in [7, 11) is 1.65. The van der Waals surface area contributed by atoms with E-state index in [9.17, 15) is 4.79 Å². The molecule has 144 valence electrons. The minimum atomic E-state index is 0.0504. The van der Waals surface area contributed by atoms with E-state index in [2.05, 4.69) is 4.98 Å². The zero-order valence-electron chi connectivity index (χ0n) is 15.7. The Bertz CT molecular complexity index is 976. The molecule has 1 aliphatic heterocycles. The summed E-state index contributed by atoms with van der Waals surface area (Å²) in [6, 6.07) is 15.7. The van der Waals surface area contributed by atoms with Gasteiger partial charge in [-0.05, 0) is 23.8 Å². The van der Waals surface area contributed by atoms with Crippen LogP contribution in [0.3, 0.4) is 0 Å². The topological polar surface area (TPSA) is 51.7 Å². The monoisotopic (exact) mass is 394 g/mol. The smallest absolute Gasteiger partial charge is 0.274 e. The predicted octanol–water partition coefficient (Wildman–Crippen LogP) is 4.39. The molecule has 4 rings (SSSR count). The third-order valence-corrected chi connectivity index (χ3v) is 5.74. The number of hydrogen-bond acceptors (Lipinski definition) is 5. The molecule has 1 saturated heterocycles. The van der Waals surface area contributed by atoms with Crippen LogP contribution >= 0.6 is 11.3 Å². The number of methoxy groups -OCH3 is 1. The molecule has 2 aromatic carbocycles. The molecule has 0 radical (unpaired) electrons. The summed E-state index contributed by atoms with van der Waals surface area (Å²) >= 11 is 1.54.